The van der Waals surface area contributed by atoms with Gasteiger partial charge in [0, 0.05) is 11.3 Å². The molecule has 0 unspecified atom stereocenters. The minimum absolute atomic E-state index is 0.222. The number of fused-ring (bicyclic) bond motifs is 1. The summed E-state index contributed by atoms with van der Waals surface area (Å²) >= 11 is 0. The molecule has 2 aliphatic carbocycles. The molecule has 10 nitrogen and oxygen atoms in total. The van der Waals surface area contributed by atoms with Crippen LogP contribution < -0.4 is 21.8 Å². The van der Waals surface area contributed by atoms with Crippen molar-refractivity contribution in [1.29, 1.82) is 0 Å². The number of anilines is 1. The minimum atomic E-state index is -0.474. The van der Waals surface area contributed by atoms with Crippen molar-refractivity contribution in [3.8, 4) is 5.88 Å². The molecule has 0 spiro atoms. The quantitative estimate of drug-likeness (QED) is 0.504. The van der Waals surface area contributed by atoms with Crippen LogP contribution in [0, 0.1) is 0 Å². The number of imidazole rings is 1. The molecule has 4 N–H and O–H groups in total. The average molecular weight is 368 g/mol. The number of aromatic nitrogens is 6. The fourth-order valence-electron chi connectivity index (χ4n) is 3.40. The van der Waals surface area contributed by atoms with Gasteiger partial charge in [-0.25, -0.2) is 9.79 Å². The van der Waals surface area contributed by atoms with Gasteiger partial charge in [0.1, 0.15) is 5.69 Å². The molecule has 0 saturated heterocycles. The first-order chi connectivity index (χ1) is 13.2. The third-order valence-corrected chi connectivity index (χ3v) is 4.95. The summed E-state index contributed by atoms with van der Waals surface area (Å²) in [6.07, 6.45) is 10.0. The molecule has 140 valence electrons. The normalized spacial score (nSPS) is 19.4. The van der Waals surface area contributed by atoms with Crippen molar-refractivity contribution < 1.29 is 5.11 Å². The van der Waals surface area contributed by atoms with E-state index in [1.165, 1.54) is 12.8 Å². The zero-order valence-corrected chi connectivity index (χ0v) is 14.6. The molecule has 2 aliphatic rings. The van der Waals surface area contributed by atoms with Gasteiger partial charge < -0.3 is 15.4 Å². The number of nitrogens with one attached hydrogen (secondary N) is 3. The van der Waals surface area contributed by atoms with E-state index in [9.17, 15) is 9.90 Å². The summed E-state index contributed by atoms with van der Waals surface area (Å²) in [7, 11) is 0. The van der Waals surface area contributed by atoms with Crippen LogP contribution in [0.2, 0.25) is 0 Å². The number of aromatic amines is 2. The van der Waals surface area contributed by atoms with Crippen molar-refractivity contribution in [1.82, 2.24) is 29.5 Å². The van der Waals surface area contributed by atoms with Gasteiger partial charge in [-0.15, -0.1) is 0 Å². The molecule has 0 amide bonds. The van der Waals surface area contributed by atoms with Crippen molar-refractivity contribution >= 4 is 17.7 Å². The summed E-state index contributed by atoms with van der Waals surface area (Å²) in [5.41, 5.74) is 0.901. The van der Waals surface area contributed by atoms with Crippen LogP contribution in [-0.2, 0) is 0 Å². The topological polar surface area (TPSA) is 136 Å². The molecule has 27 heavy (non-hydrogen) atoms. The van der Waals surface area contributed by atoms with Gasteiger partial charge in [0.25, 0.3) is 5.62 Å². The zero-order valence-electron chi connectivity index (χ0n) is 14.6. The first kappa shape index (κ1) is 16.0. The van der Waals surface area contributed by atoms with Crippen molar-refractivity contribution in [3.05, 3.63) is 33.2 Å². The highest BCUT2D eigenvalue weighted by atomic mass is 16.3. The van der Waals surface area contributed by atoms with E-state index in [2.05, 4.69) is 35.3 Å². The van der Waals surface area contributed by atoms with Crippen molar-refractivity contribution in [2.75, 3.05) is 5.32 Å². The Morgan fingerprint density at radius 2 is 2.04 bits per heavy atom. The Morgan fingerprint density at radius 3 is 2.74 bits per heavy atom. The molecular formula is C17H20N8O2. The third-order valence-electron chi connectivity index (χ3n) is 4.95. The predicted octanol–water partition coefficient (Wildman–Crippen LogP) is -0.188. The molecule has 3 heterocycles. The first-order valence-corrected chi connectivity index (χ1v) is 9.25. The van der Waals surface area contributed by atoms with Gasteiger partial charge in [0.15, 0.2) is 5.65 Å². The lowest BCUT2D eigenvalue weighted by atomic mass is 10.2. The largest absolute Gasteiger partial charge is 0.493 e. The minimum Gasteiger partial charge on any atom is -0.493 e. The number of rotatable bonds is 4. The van der Waals surface area contributed by atoms with Crippen LogP contribution in [0.25, 0.3) is 11.7 Å². The van der Waals surface area contributed by atoms with Crippen LogP contribution in [0.5, 0.6) is 5.88 Å². The van der Waals surface area contributed by atoms with E-state index in [4.69, 9.17) is 0 Å². The highest BCUT2D eigenvalue weighted by molar-refractivity contribution is 5.57. The standard InChI is InChI=1S/C17H20N8O2/c26-14-12(21-17(27)23-14)7-9-8-18-25-13(9)22-15(19-10-3-1-2-4-10)24-16(25)20-11-5-6-11/h7-8,10-11,26H,1-6H2,(H,19,20,24)(H2,21,23,27)/b9-7+. The Morgan fingerprint density at radius 1 is 1.22 bits per heavy atom. The van der Waals surface area contributed by atoms with Crippen LogP contribution in [0.1, 0.15) is 44.2 Å². The summed E-state index contributed by atoms with van der Waals surface area (Å²) in [5, 5.41) is 18.2. The molecule has 0 aromatic carbocycles. The fourth-order valence-corrected chi connectivity index (χ4v) is 3.40. The molecule has 0 atom stereocenters. The van der Waals surface area contributed by atoms with Gasteiger partial charge in [0.2, 0.25) is 11.8 Å². The SMILES string of the molecule is O=c1[nH]c(O)c(/C=c2\cnn3c(=NC4CC4)nc(NC4CCCC4)nc23)[nH]1. The lowest BCUT2D eigenvalue weighted by Crippen LogP contribution is -2.27. The van der Waals surface area contributed by atoms with E-state index < -0.39 is 5.69 Å². The number of aromatic hydroxyl groups is 1. The monoisotopic (exact) mass is 368 g/mol. The van der Waals surface area contributed by atoms with Crippen molar-refractivity contribution in [2.24, 2.45) is 4.99 Å². The second kappa shape index (κ2) is 6.22. The van der Waals surface area contributed by atoms with E-state index in [-0.39, 0.29) is 11.6 Å². The maximum Gasteiger partial charge on any atom is 0.326 e. The Bertz CT molecular complexity index is 1160. The lowest BCUT2D eigenvalue weighted by molar-refractivity contribution is 0.454. The summed E-state index contributed by atoms with van der Waals surface area (Å²) in [4.78, 5) is 30.1. The van der Waals surface area contributed by atoms with E-state index in [0.29, 0.717) is 34.5 Å². The molecule has 2 saturated carbocycles. The lowest BCUT2D eigenvalue weighted by Gasteiger charge is -2.11. The van der Waals surface area contributed by atoms with Gasteiger partial charge in [-0.3, -0.25) is 4.98 Å². The Labute approximate surface area is 153 Å². The van der Waals surface area contributed by atoms with E-state index in [0.717, 1.165) is 25.7 Å². The second-order valence-corrected chi connectivity index (χ2v) is 7.15. The average Bonchev–Trinajstić information content (AvgIpc) is 3.01. The number of hydrogen-bond donors (Lipinski definition) is 4. The van der Waals surface area contributed by atoms with E-state index in [1.54, 1.807) is 16.8 Å². The van der Waals surface area contributed by atoms with Gasteiger partial charge in [-0.2, -0.15) is 19.6 Å². The maximum atomic E-state index is 11.4. The predicted molar refractivity (Wildman–Crippen MR) is 97.1 cm³/mol. The van der Waals surface area contributed by atoms with Crippen LogP contribution in [0.3, 0.4) is 0 Å². The van der Waals surface area contributed by atoms with Gasteiger partial charge in [-0.05, 0) is 31.8 Å². The smallest absolute Gasteiger partial charge is 0.326 e. The summed E-state index contributed by atoms with van der Waals surface area (Å²) in [5.74, 6) is 0.316. The van der Waals surface area contributed by atoms with Gasteiger partial charge >= 0.3 is 5.69 Å². The van der Waals surface area contributed by atoms with Gasteiger partial charge in [-0.1, -0.05) is 12.8 Å². The maximum absolute atomic E-state index is 11.4. The molecule has 10 heteroatoms. The van der Waals surface area contributed by atoms with E-state index in [1.807, 2.05) is 0 Å². The number of nitrogens with zero attached hydrogens (tertiary/aromatic N) is 5. The van der Waals surface area contributed by atoms with Crippen molar-refractivity contribution in [2.45, 2.75) is 50.6 Å². The number of H-pyrrole nitrogens is 2. The Hall–Kier alpha value is -3.17. The van der Waals surface area contributed by atoms with Crippen molar-refractivity contribution in [3.63, 3.8) is 0 Å². The Kier molecular flexibility index (Phi) is 3.69. The molecule has 0 aliphatic heterocycles. The highest BCUT2D eigenvalue weighted by Gasteiger charge is 2.21. The number of hydrogen-bond acceptors (Lipinski definition) is 7. The molecule has 5 rings (SSSR count). The highest BCUT2D eigenvalue weighted by Crippen LogP contribution is 2.23. The van der Waals surface area contributed by atoms with Crippen LogP contribution in [0.15, 0.2) is 16.0 Å². The fraction of sp³-hybridized carbons (Fsp3) is 0.471. The molecule has 0 radical (unpaired) electrons. The Balaban J connectivity index is 1.66. The first-order valence-electron chi connectivity index (χ1n) is 9.25. The molecule has 3 aromatic heterocycles. The molecular weight excluding hydrogens is 348 g/mol. The van der Waals surface area contributed by atoms with Crippen LogP contribution >= 0.6 is 0 Å². The zero-order chi connectivity index (χ0) is 18.4. The summed E-state index contributed by atoms with van der Waals surface area (Å²) in [6.45, 7) is 0. The summed E-state index contributed by atoms with van der Waals surface area (Å²) < 4.78 is 1.60. The van der Waals surface area contributed by atoms with Crippen LogP contribution in [-0.4, -0.2) is 46.7 Å². The second-order valence-electron chi connectivity index (χ2n) is 7.15. The summed E-state index contributed by atoms with van der Waals surface area (Å²) in [6, 6.07) is 0.672. The third kappa shape index (κ3) is 3.18. The molecule has 0 bridgehead atoms. The molecule has 2 fully saturated rings. The molecule has 3 aromatic rings. The van der Waals surface area contributed by atoms with Crippen LogP contribution in [0.4, 0.5) is 5.95 Å². The van der Waals surface area contributed by atoms with Gasteiger partial charge in [0.05, 0.1) is 12.2 Å². The van der Waals surface area contributed by atoms with E-state index >= 15 is 0 Å².